The minimum absolute atomic E-state index is 0.0694. The summed E-state index contributed by atoms with van der Waals surface area (Å²) in [5, 5.41) is 18.3. The molecule has 1 aromatic heterocycles. The Labute approximate surface area is 119 Å². The Morgan fingerprint density at radius 2 is 2.19 bits per heavy atom. The van der Waals surface area contributed by atoms with Crippen molar-refractivity contribution in [2.45, 2.75) is 0 Å². The largest absolute Gasteiger partial charge is 0.497 e. The number of hydrogen-bond donors (Lipinski definition) is 2. The zero-order chi connectivity index (χ0) is 15.4. The van der Waals surface area contributed by atoms with E-state index in [0.717, 1.165) is 0 Å². The highest BCUT2D eigenvalue weighted by Crippen LogP contribution is 2.33. The maximum Gasteiger partial charge on any atom is 0.322 e. The van der Waals surface area contributed by atoms with Gasteiger partial charge in [0, 0.05) is 18.3 Å². The van der Waals surface area contributed by atoms with Crippen LogP contribution >= 0.6 is 0 Å². The van der Waals surface area contributed by atoms with E-state index >= 15 is 0 Å². The van der Waals surface area contributed by atoms with E-state index in [1.807, 2.05) is 0 Å². The van der Waals surface area contributed by atoms with Gasteiger partial charge < -0.3 is 15.2 Å². The predicted octanol–water partition coefficient (Wildman–Crippen LogP) is 1.47. The van der Waals surface area contributed by atoms with Crippen LogP contribution in [0.4, 0.5) is 5.69 Å². The van der Waals surface area contributed by atoms with E-state index in [-0.39, 0.29) is 29.0 Å². The van der Waals surface area contributed by atoms with E-state index in [0.29, 0.717) is 5.75 Å². The van der Waals surface area contributed by atoms with Crippen LogP contribution in [0.15, 0.2) is 30.5 Å². The van der Waals surface area contributed by atoms with Crippen molar-refractivity contribution in [1.82, 2.24) is 9.97 Å². The first kappa shape index (κ1) is 14.2. The number of nitrogens with one attached hydrogen (secondary N) is 1. The third-order valence-corrected chi connectivity index (χ3v) is 2.47. The molecule has 1 heterocycles. The summed E-state index contributed by atoms with van der Waals surface area (Å²) in [6.07, 6.45) is 1.34. The van der Waals surface area contributed by atoms with Crippen molar-refractivity contribution in [3.8, 4) is 17.5 Å². The van der Waals surface area contributed by atoms with Crippen LogP contribution < -0.4 is 15.2 Å². The molecule has 0 amide bonds. The number of methoxy groups -OCH3 is 1. The van der Waals surface area contributed by atoms with Crippen LogP contribution in [0.2, 0.25) is 0 Å². The van der Waals surface area contributed by atoms with Crippen molar-refractivity contribution in [2.24, 2.45) is 5.73 Å². The minimum Gasteiger partial charge on any atom is -0.497 e. The number of ether oxygens (including phenoxy) is 2. The minimum atomic E-state index is -0.594. The fraction of sp³-hybridized carbons (Fsp3) is 0.0833. The Morgan fingerprint density at radius 3 is 2.81 bits per heavy atom. The lowest BCUT2D eigenvalue weighted by molar-refractivity contribution is -0.385. The molecule has 0 spiro atoms. The number of aromatic nitrogens is 2. The van der Waals surface area contributed by atoms with Crippen molar-refractivity contribution < 1.29 is 14.4 Å². The second-order valence-corrected chi connectivity index (χ2v) is 3.83. The third-order valence-electron chi connectivity index (χ3n) is 2.47. The van der Waals surface area contributed by atoms with Crippen molar-refractivity contribution in [3.05, 3.63) is 46.3 Å². The second kappa shape index (κ2) is 5.82. The van der Waals surface area contributed by atoms with Crippen molar-refractivity contribution >= 4 is 11.5 Å². The maximum atomic E-state index is 11.0. The number of hydrogen-bond acceptors (Lipinski definition) is 7. The molecule has 0 unspecified atom stereocenters. The average Bonchev–Trinajstić information content (AvgIpc) is 2.47. The lowest BCUT2D eigenvalue weighted by Gasteiger charge is -2.07. The normalized spacial score (nSPS) is 9.95. The van der Waals surface area contributed by atoms with E-state index in [1.165, 1.54) is 37.6 Å². The number of nitrogens with zero attached hydrogens (tertiary/aromatic N) is 3. The Balaban J connectivity index is 2.40. The summed E-state index contributed by atoms with van der Waals surface area (Å²) >= 11 is 0. The summed E-state index contributed by atoms with van der Waals surface area (Å²) in [5.41, 5.74) is 5.21. The summed E-state index contributed by atoms with van der Waals surface area (Å²) < 4.78 is 10.3. The summed E-state index contributed by atoms with van der Waals surface area (Å²) in [7, 11) is 1.43. The number of nitrogen functional groups attached to an aromatic ring is 1. The number of nitro benzene ring substituents is 1. The molecule has 0 fully saturated rings. The lowest BCUT2D eigenvalue weighted by Crippen LogP contribution is -2.13. The van der Waals surface area contributed by atoms with Crippen molar-refractivity contribution in [3.63, 3.8) is 0 Å². The zero-order valence-electron chi connectivity index (χ0n) is 10.9. The molecule has 108 valence electrons. The highest BCUT2D eigenvalue weighted by molar-refractivity contribution is 5.92. The Kier molecular flexibility index (Phi) is 3.93. The number of amidine groups is 1. The van der Waals surface area contributed by atoms with Gasteiger partial charge in [0.1, 0.15) is 17.3 Å². The molecule has 2 rings (SSSR count). The van der Waals surface area contributed by atoms with E-state index in [9.17, 15) is 10.1 Å². The SMILES string of the molecule is COc1ccc([N+](=O)[O-])c(Oc2nccc(C(=N)N)n2)c1. The number of nitrogens with two attached hydrogens (primary N) is 1. The van der Waals surface area contributed by atoms with Gasteiger partial charge in [-0.1, -0.05) is 0 Å². The first-order valence-electron chi connectivity index (χ1n) is 5.69. The smallest absolute Gasteiger partial charge is 0.322 e. The fourth-order valence-electron chi connectivity index (χ4n) is 1.49. The maximum absolute atomic E-state index is 11.0. The van der Waals surface area contributed by atoms with Gasteiger partial charge >= 0.3 is 11.7 Å². The predicted molar refractivity (Wildman–Crippen MR) is 72.8 cm³/mol. The molecule has 1 aromatic carbocycles. The second-order valence-electron chi connectivity index (χ2n) is 3.83. The van der Waals surface area contributed by atoms with E-state index in [2.05, 4.69) is 9.97 Å². The fourth-order valence-corrected chi connectivity index (χ4v) is 1.49. The number of nitro groups is 1. The molecule has 0 saturated carbocycles. The highest BCUT2D eigenvalue weighted by atomic mass is 16.6. The Bertz CT molecular complexity index is 704. The van der Waals surface area contributed by atoms with E-state index < -0.39 is 4.92 Å². The summed E-state index contributed by atoms with van der Waals surface area (Å²) in [5.74, 6) is 0.0563. The van der Waals surface area contributed by atoms with Gasteiger partial charge in [0.15, 0.2) is 0 Å². The summed E-state index contributed by atoms with van der Waals surface area (Å²) in [6.45, 7) is 0. The third kappa shape index (κ3) is 3.21. The van der Waals surface area contributed by atoms with Gasteiger partial charge in [0.05, 0.1) is 12.0 Å². The van der Waals surface area contributed by atoms with Gasteiger partial charge in [-0.2, -0.15) is 4.98 Å². The molecular weight excluding hydrogens is 278 g/mol. The molecule has 9 nitrogen and oxygen atoms in total. The molecule has 3 N–H and O–H groups in total. The standard InChI is InChI=1S/C12H11N5O4/c1-20-7-2-3-9(17(18)19)10(6-7)21-12-15-5-4-8(16-12)11(13)14/h2-6H,1H3,(H3,13,14). The monoisotopic (exact) mass is 289 g/mol. The lowest BCUT2D eigenvalue weighted by atomic mass is 10.3. The van der Waals surface area contributed by atoms with E-state index in [1.54, 1.807) is 0 Å². The van der Waals surface area contributed by atoms with Crippen molar-refractivity contribution in [1.29, 1.82) is 5.41 Å². The van der Waals surface area contributed by atoms with Crippen LogP contribution in [-0.4, -0.2) is 27.8 Å². The van der Waals surface area contributed by atoms with E-state index in [4.69, 9.17) is 20.6 Å². The number of benzene rings is 1. The van der Waals surface area contributed by atoms with Gasteiger partial charge in [0.25, 0.3) is 0 Å². The van der Waals surface area contributed by atoms with Crippen molar-refractivity contribution in [2.75, 3.05) is 7.11 Å². The molecule has 0 aliphatic rings. The van der Waals surface area contributed by atoms with Gasteiger partial charge in [-0.05, 0) is 12.1 Å². The van der Waals surface area contributed by atoms with Crippen LogP contribution in [0.25, 0.3) is 0 Å². The molecular formula is C12H11N5O4. The summed E-state index contributed by atoms with van der Waals surface area (Å²) in [6, 6.07) is 5.32. The van der Waals surface area contributed by atoms with Gasteiger partial charge in [-0.15, -0.1) is 0 Å². The summed E-state index contributed by atoms with van der Waals surface area (Å²) in [4.78, 5) is 18.1. The molecule has 21 heavy (non-hydrogen) atoms. The van der Waals surface area contributed by atoms with Crippen LogP contribution in [-0.2, 0) is 0 Å². The van der Waals surface area contributed by atoms with Gasteiger partial charge in [-0.25, -0.2) is 4.98 Å². The quantitative estimate of drug-likeness (QED) is 0.368. The molecule has 0 aliphatic heterocycles. The molecule has 9 heteroatoms. The van der Waals surface area contributed by atoms with Crippen LogP contribution in [0.3, 0.4) is 0 Å². The number of rotatable bonds is 5. The van der Waals surface area contributed by atoms with Gasteiger partial charge in [-0.3, -0.25) is 15.5 Å². The highest BCUT2D eigenvalue weighted by Gasteiger charge is 2.18. The van der Waals surface area contributed by atoms with Crippen LogP contribution in [0.5, 0.6) is 17.5 Å². The van der Waals surface area contributed by atoms with Crippen LogP contribution in [0.1, 0.15) is 5.69 Å². The first-order valence-corrected chi connectivity index (χ1v) is 5.69. The first-order chi connectivity index (χ1) is 10.0. The molecule has 0 bridgehead atoms. The average molecular weight is 289 g/mol. The molecule has 0 saturated heterocycles. The van der Waals surface area contributed by atoms with Crippen LogP contribution in [0, 0.1) is 15.5 Å². The molecule has 0 radical (unpaired) electrons. The molecule has 0 atom stereocenters. The van der Waals surface area contributed by atoms with Gasteiger partial charge in [0.2, 0.25) is 5.75 Å². The Hall–Kier alpha value is -3.23. The molecule has 0 aliphatic carbocycles. The zero-order valence-corrected chi connectivity index (χ0v) is 10.9. The topological polar surface area (TPSA) is 137 Å². The molecule has 2 aromatic rings. The Morgan fingerprint density at radius 1 is 1.43 bits per heavy atom.